The second-order valence-electron chi connectivity index (χ2n) is 6.62. The van der Waals surface area contributed by atoms with Crippen molar-refractivity contribution >= 4 is 35.9 Å². The molecule has 0 bridgehead atoms. The number of thiocarbonyl (C=S) groups is 1. The lowest BCUT2D eigenvalue weighted by molar-refractivity contribution is -0.148. The topological polar surface area (TPSA) is 23.6 Å². The fourth-order valence-electron chi connectivity index (χ4n) is 4.21. The third-order valence-electron chi connectivity index (χ3n) is 5.53. The monoisotopic (exact) mass is 334 g/mol. The number of amides is 1. The summed E-state index contributed by atoms with van der Waals surface area (Å²) in [4.78, 5) is 16.0. The van der Waals surface area contributed by atoms with Crippen LogP contribution in [-0.4, -0.2) is 39.8 Å². The van der Waals surface area contributed by atoms with Gasteiger partial charge >= 0.3 is 0 Å². The second kappa shape index (κ2) is 5.24. The van der Waals surface area contributed by atoms with E-state index in [-0.39, 0.29) is 11.8 Å². The summed E-state index contributed by atoms with van der Waals surface area (Å²) < 4.78 is 0. The van der Waals surface area contributed by atoms with Crippen LogP contribution >= 0.6 is 24.8 Å². The number of benzene rings is 1. The van der Waals surface area contributed by atoms with Crippen molar-refractivity contribution in [2.75, 3.05) is 14.1 Å². The minimum absolute atomic E-state index is 0.0891. The highest BCUT2D eigenvalue weighted by atomic mass is 32.1. The van der Waals surface area contributed by atoms with Crippen LogP contribution in [0, 0.1) is 5.41 Å². The number of likely N-dealkylation sites (N-methyl/N-ethyl adjacent to an activating group) is 1. The number of hydrogen-bond acceptors (Lipinski definition) is 3. The second-order valence-corrected chi connectivity index (χ2v) is 7.67. The van der Waals surface area contributed by atoms with Crippen molar-refractivity contribution in [1.82, 2.24) is 9.80 Å². The normalized spacial score (nSPS) is 35.5. The fraction of sp³-hybridized carbons (Fsp3) is 0.529. The van der Waals surface area contributed by atoms with Crippen molar-refractivity contribution in [1.29, 1.82) is 0 Å². The molecule has 3 rings (SSSR count). The molecule has 3 nitrogen and oxygen atoms in total. The van der Waals surface area contributed by atoms with E-state index in [2.05, 4.69) is 12.1 Å². The van der Waals surface area contributed by atoms with E-state index in [0.29, 0.717) is 5.11 Å². The first-order valence-corrected chi connectivity index (χ1v) is 8.53. The maximum atomic E-state index is 13.0. The minimum atomic E-state index is -0.590. The maximum Gasteiger partial charge on any atom is 0.237 e. The summed E-state index contributed by atoms with van der Waals surface area (Å²) in [6, 6.07) is 10.4. The largest absolute Gasteiger partial charge is 0.336 e. The average molecular weight is 335 g/mol. The Hall–Kier alpha value is -1.07. The van der Waals surface area contributed by atoms with Gasteiger partial charge in [0.05, 0.1) is 5.41 Å². The SMILES string of the molecule is CN1C(=O)[C@]2(C)CCC[C@@H](c3ccccc3)[C@]2(S)N(C)C1=S. The molecule has 118 valence electrons. The molecule has 1 saturated heterocycles. The molecule has 2 aliphatic rings. The van der Waals surface area contributed by atoms with E-state index in [0.717, 1.165) is 19.3 Å². The Bertz CT molecular complexity index is 620. The molecular weight excluding hydrogens is 312 g/mol. The molecule has 1 heterocycles. The summed E-state index contributed by atoms with van der Waals surface area (Å²) >= 11 is 10.6. The van der Waals surface area contributed by atoms with Gasteiger partial charge in [0, 0.05) is 20.0 Å². The Morgan fingerprint density at radius 3 is 2.55 bits per heavy atom. The Balaban J connectivity index is 2.16. The predicted octanol–water partition coefficient (Wildman–Crippen LogP) is 3.28. The highest BCUT2D eigenvalue weighted by Crippen LogP contribution is 2.59. The molecule has 1 aliphatic heterocycles. The van der Waals surface area contributed by atoms with Crippen LogP contribution in [0.4, 0.5) is 0 Å². The van der Waals surface area contributed by atoms with Crippen molar-refractivity contribution in [2.24, 2.45) is 5.41 Å². The molecule has 5 heteroatoms. The standard InChI is InChI=1S/C17H22N2OS2/c1-16-11-7-10-13(12-8-5-4-6-9-12)17(16,22)19(3)15(21)18(2)14(16)20/h4-6,8-9,13,22H,7,10-11H2,1-3H3/t13-,16-,17+/m0/s1. The van der Waals surface area contributed by atoms with E-state index in [1.807, 2.05) is 37.1 Å². The Labute approximate surface area is 143 Å². The van der Waals surface area contributed by atoms with Crippen LogP contribution in [-0.2, 0) is 4.79 Å². The van der Waals surface area contributed by atoms with Crippen LogP contribution < -0.4 is 0 Å². The molecule has 1 amide bonds. The van der Waals surface area contributed by atoms with E-state index in [1.54, 1.807) is 11.9 Å². The summed E-state index contributed by atoms with van der Waals surface area (Å²) in [6.45, 7) is 2.05. The molecule has 22 heavy (non-hydrogen) atoms. The summed E-state index contributed by atoms with van der Waals surface area (Å²) in [5, 5.41) is 0.556. The Morgan fingerprint density at radius 2 is 1.91 bits per heavy atom. The van der Waals surface area contributed by atoms with Gasteiger partial charge in [-0.25, -0.2) is 0 Å². The van der Waals surface area contributed by atoms with Crippen LogP contribution in [0.3, 0.4) is 0 Å². The van der Waals surface area contributed by atoms with E-state index in [1.165, 1.54) is 5.56 Å². The zero-order valence-electron chi connectivity index (χ0n) is 13.2. The highest BCUT2D eigenvalue weighted by Gasteiger charge is 2.64. The van der Waals surface area contributed by atoms with Gasteiger partial charge in [-0.05, 0) is 37.5 Å². The summed E-state index contributed by atoms with van der Waals surface area (Å²) in [5.41, 5.74) is 0.691. The van der Waals surface area contributed by atoms with Gasteiger partial charge in [-0.2, -0.15) is 0 Å². The van der Waals surface area contributed by atoms with Crippen molar-refractivity contribution in [3.05, 3.63) is 35.9 Å². The van der Waals surface area contributed by atoms with Gasteiger partial charge in [0.15, 0.2) is 5.11 Å². The van der Waals surface area contributed by atoms with Crippen LogP contribution in [0.15, 0.2) is 30.3 Å². The van der Waals surface area contributed by atoms with Crippen molar-refractivity contribution < 1.29 is 4.79 Å². The van der Waals surface area contributed by atoms with Gasteiger partial charge in [-0.3, -0.25) is 9.69 Å². The lowest BCUT2D eigenvalue weighted by Gasteiger charge is -2.61. The average Bonchev–Trinajstić information content (AvgIpc) is 2.54. The molecule has 0 unspecified atom stereocenters. The van der Waals surface area contributed by atoms with Crippen molar-refractivity contribution in [3.8, 4) is 0 Å². The number of fused-ring (bicyclic) bond motifs is 1. The number of carbonyl (C=O) groups excluding carboxylic acids is 1. The van der Waals surface area contributed by atoms with E-state index >= 15 is 0 Å². The van der Waals surface area contributed by atoms with Crippen molar-refractivity contribution in [2.45, 2.75) is 37.0 Å². The van der Waals surface area contributed by atoms with Gasteiger partial charge in [0.25, 0.3) is 0 Å². The molecule has 2 fully saturated rings. The van der Waals surface area contributed by atoms with Gasteiger partial charge in [0.2, 0.25) is 5.91 Å². The minimum Gasteiger partial charge on any atom is -0.336 e. The molecular formula is C17H22N2OS2. The van der Waals surface area contributed by atoms with Crippen LogP contribution in [0.2, 0.25) is 0 Å². The fourth-order valence-corrected chi connectivity index (χ4v) is 5.08. The summed E-state index contributed by atoms with van der Waals surface area (Å²) in [6.07, 6.45) is 2.89. The maximum absolute atomic E-state index is 13.0. The first kappa shape index (κ1) is 15.8. The third kappa shape index (κ3) is 1.88. The zero-order valence-corrected chi connectivity index (χ0v) is 15.0. The lowest BCUT2D eigenvalue weighted by atomic mass is 9.62. The quantitative estimate of drug-likeness (QED) is 0.630. The first-order valence-electron chi connectivity index (χ1n) is 7.67. The zero-order chi connectivity index (χ0) is 16.1. The molecule has 0 spiro atoms. The highest BCUT2D eigenvalue weighted by molar-refractivity contribution is 7.82. The molecule has 0 N–H and O–H groups in total. The third-order valence-corrected chi connectivity index (χ3v) is 7.18. The van der Waals surface area contributed by atoms with Crippen LogP contribution in [0.5, 0.6) is 0 Å². The molecule has 1 aromatic carbocycles. The Morgan fingerprint density at radius 1 is 1.27 bits per heavy atom. The predicted molar refractivity (Wildman–Crippen MR) is 96.0 cm³/mol. The molecule has 1 aromatic rings. The van der Waals surface area contributed by atoms with Crippen LogP contribution in [0.1, 0.15) is 37.7 Å². The number of nitrogens with zero attached hydrogens (tertiary/aromatic N) is 2. The van der Waals surface area contributed by atoms with Gasteiger partial charge in [0.1, 0.15) is 4.87 Å². The number of thiol groups is 1. The van der Waals surface area contributed by atoms with Gasteiger partial charge in [-0.15, -0.1) is 12.6 Å². The van der Waals surface area contributed by atoms with Gasteiger partial charge < -0.3 is 4.90 Å². The van der Waals surface area contributed by atoms with E-state index in [4.69, 9.17) is 24.8 Å². The molecule has 1 saturated carbocycles. The number of hydrogen-bond donors (Lipinski definition) is 1. The summed E-state index contributed by atoms with van der Waals surface area (Å²) in [7, 11) is 3.74. The Kier molecular flexibility index (Phi) is 3.76. The molecule has 0 aromatic heterocycles. The lowest BCUT2D eigenvalue weighted by Crippen LogP contribution is -2.72. The number of carbonyl (C=O) groups is 1. The van der Waals surface area contributed by atoms with Crippen LogP contribution in [0.25, 0.3) is 0 Å². The van der Waals surface area contributed by atoms with Crippen molar-refractivity contribution in [3.63, 3.8) is 0 Å². The van der Waals surface area contributed by atoms with E-state index < -0.39 is 10.3 Å². The molecule has 0 radical (unpaired) electrons. The first-order chi connectivity index (χ1) is 10.3. The molecule has 3 atom stereocenters. The van der Waals surface area contributed by atoms with Gasteiger partial charge in [-0.1, -0.05) is 36.8 Å². The van der Waals surface area contributed by atoms with E-state index in [9.17, 15) is 4.79 Å². The summed E-state index contributed by atoms with van der Waals surface area (Å²) in [5.74, 6) is 0.266. The molecule has 1 aliphatic carbocycles. The number of rotatable bonds is 1. The smallest absolute Gasteiger partial charge is 0.237 e.